The number of nitro groups is 1. The van der Waals surface area contributed by atoms with Crippen LogP contribution in [0.2, 0.25) is 0 Å². The molecule has 0 saturated carbocycles. The van der Waals surface area contributed by atoms with Crippen LogP contribution >= 0.6 is 0 Å². The first-order valence-electron chi connectivity index (χ1n) is 9.85. The highest BCUT2D eigenvalue weighted by Gasteiger charge is 2.33. The molecule has 2 N–H and O–H groups in total. The number of carboxylic acid groups (broad SMARTS) is 1. The second-order valence-electron chi connectivity index (χ2n) is 9.37. The summed E-state index contributed by atoms with van der Waals surface area (Å²) < 4.78 is 10.3. The van der Waals surface area contributed by atoms with Crippen molar-refractivity contribution in [2.75, 3.05) is 0 Å². The first-order valence-corrected chi connectivity index (χ1v) is 9.85. The van der Waals surface area contributed by atoms with E-state index in [2.05, 4.69) is 0 Å². The Morgan fingerprint density at radius 1 is 1.00 bits per heavy atom. The second kappa shape index (κ2) is 8.86. The van der Waals surface area contributed by atoms with E-state index in [0.29, 0.717) is 11.1 Å². The maximum Gasteiger partial charge on any atom is 0.515 e. The van der Waals surface area contributed by atoms with Crippen LogP contribution in [0.25, 0.3) is 0 Å². The predicted octanol–water partition coefficient (Wildman–Crippen LogP) is 5.24. The van der Waals surface area contributed by atoms with E-state index in [4.69, 9.17) is 9.47 Å². The summed E-state index contributed by atoms with van der Waals surface area (Å²) in [6, 6.07) is 8.10. The average molecular weight is 445 g/mol. The second-order valence-corrected chi connectivity index (χ2v) is 9.37. The van der Waals surface area contributed by atoms with Gasteiger partial charge < -0.3 is 19.7 Å². The van der Waals surface area contributed by atoms with E-state index < -0.39 is 39.7 Å². The van der Waals surface area contributed by atoms with Crippen LogP contribution < -0.4 is 4.74 Å². The van der Waals surface area contributed by atoms with Gasteiger partial charge in [0, 0.05) is 17.2 Å². The molecule has 0 bridgehead atoms. The van der Waals surface area contributed by atoms with Crippen LogP contribution in [0.3, 0.4) is 0 Å². The number of nitro benzene ring substituents is 1. The average Bonchev–Trinajstić information content (AvgIpc) is 2.65. The number of carbonyl (C=O) groups excluding carboxylic acids is 1. The normalized spacial score (nSPS) is 12.7. The van der Waals surface area contributed by atoms with E-state index >= 15 is 0 Å². The number of phenolic OH excluding ortho intramolecular Hbond substituents is 1. The molecular formula is C23H27NO8. The van der Waals surface area contributed by atoms with Crippen molar-refractivity contribution in [3.63, 3.8) is 0 Å². The Labute approximate surface area is 185 Å². The number of para-hydroxylation sites is 1. The van der Waals surface area contributed by atoms with Crippen molar-refractivity contribution in [2.45, 2.75) is 58.5 Å². The van der Waals surface area contributed by atoms with Crippen LogP contribution in [0.4, 0.5) is 10.5 Å². The van der Waals surface area contributed by atoms with Crippen molar-refractivity contribution < 1.29 is 34.2 Å². The summed E-state index contributed by atoms with van der Waals surface area (Å²) in [7, 11) is 0. The van der Waals surface area contributed by atoms with E-state index in [0.717, 1.165) is 6.07 Å². The molecule has 2 aromatic rings. The van der Waals surface area contributed by atoms with Gasteiger partial charge in [0.1, 0.15) is 11.5 Å². The SMILES string of the molecule is CC(C)(C)c1cc(OC(=O)O[C@@H](C(=O)O)c2ccccc2[N+](=O)[O-])c(C(C)(C)C)cc1O. The highest BCUT2D eigenvalue weighted by molar-refractivity contribution is 5.79. The molecule has 172 valence electrons. The van der Waals surface area contributed by atoms with Gasteiger partial charge in [-0.3, -0.25) is 10.1 Å². The summed E-state index contributed by atoms with van der Waals surface area (Å²) in [5.74, 6) is -1.46. The van der Waals surface area contributed by atoms with E-state index in [-0.39, 0.29) is 17.1 Å². The molecular weight excluding hydrogens is 418 g/mol. The Morgan fingerprint density at radius 3 is 2.06 bits per heavy atom. The topological polar surface area (TPSA) is 136 Å². The Bertz CT molecular complexity index is 1050. The molecule has 0 aliphatic carbocycles. The predicted molar refractivity (Wildman–Crippen MR) is 116 cm³/mol. The number of aliphatic carboxylic acids is 1. The number of carbonyl (C=O) groups is 2. The van der Waals surface area contributed by atoms with E-state index in [1.807, 2.05) is 41.5 Å². The number of hydrogen-bond donors (Lipinski definition) is 2. The molecule has 2 rings (SSSR count). The van der Waals surface area contributed by atoms with E-state index in [1.54, 1.807) is 0 Å². The highest BCUT2D eigenvalue weighted by atomic mass is 16.7. The molecule has 0 spiro atoms. The van der Waals surface area contributed by atoms with Gasteiger partial charge in [0.2, 0.25) is 6.10 Å². The van der Waals surface area contributed by atoms with Crippen LogP contribution in [-0.2, 0) is 20.4 Å². The highest BCUT2D eigenvalue weighted by Crippen LogP contribution is 2.41. The first kappa shape index (κ1) is 24.6. The molecule has 0 heterocycles. The van der Waals surface area contributed by atoms with Crippen molar-refractivity contribution in [3.8, 4) is 11.5 Å². The summed E-state index contributed by atoms with van der Waals surface area (Å²) in [6.45, 7) is 11.2. The van der Waals surface area contributed by atoms with Gasteiger partial charge in [-0.15, -0.1) is 0 Å². The lowest BCUT2D eigenvalue weighted by atomic mass is 9.81. The fraction of sp³-hybridized carbons (Fsp3) is 0.391. The third-order valence-corrected chi connectivity index (χ3v) is 4.76. The molecule has 0 unspecified atom stereocenters. The summed E-state index contributed by atoms with van der Waals surface area (Å²) in [4.78, 5) is 34.8. The van der Waals surface area contributed by atoms with E-state index in [9.17, 15) is 29.9 Å². The molecule has 32 heavy (non-hydrogen) atoms. The Balaban J connectivity index is 2.45. The number of aromatic hydroxyl groups is 1. The smallest absolute Gasteiger partial charge is 0.508 e. The van der Waals surface area contributed by atoms with Crippen molar-refractivity contribution in [2.24, 2.45) is 0 Å². The minimum Gasteiger partial charge on any atom is -0.508 e. The Kier molecular flexibility index (Phi) is 6.82. The standard InChI is InChI=1S/C23H27NO8/c1-22(2,3)14-12-18(15(11-17(14)25)23(4,5)6)31-21(28)32-19(20(26)27)13-9-7-8-10-16(13)24(29)30/h7-12,19,25H,1-6H3,(H,26,27)/t19-/m1/s1. The van der Waals surface area contributed by atoms with Gasteiger partial charge in [-0.2, -0.15) is 0 Å². The molecule has 0 radical (unpaired) electrons. The van der Waals surface area contributed by atoms with Gasteiger partial charge in [0.05, 0.1) is 10.5 Å². The minimum atomic E-state index is -1.94. The number of hydrogen-bond acceptors (Lipinski definition) is 7. The molecule has 0 aliphatic heterocycles. The number of benzene rings is 2. The molecule has 0 saturated heterocycles. The fourth-order valence-corrected chi connectivity index (χ4v) is 3.17. The molecule has 0 aliphatic rings. The van der Waals surface area contributed by atoms with Crippen molar-refractivity contribution in [1.82, 2.24) is 0 Å². The van der Waals surface area contributed by atoms with Crippen LogP contribution in [0.5, 0.6) is 11.5 Å². The summed E-state index contributed by atoms with van der Waals surface area (Å²) in [5.41, 5.74) is -0.786. The molecule has 2 aromatic carbocycles. The fourth-order valence-electron chi connectivity index (χ4n) is 3.17. The largest absolute Gasteiger partial charge is 0.515 e. The number of phenols is 1. The zero-order chi connectivity index (χ0) is 24.4. The zero-order valence-electron chi connectivity index (χ0n) is 18.8. The van der Waals surface area contributed by atoms with Crippen molar-refractivity contribution in [1.29, 1.82) is 0 Å². The molecule has 9 nitrogen and oxygen atoms in total. The maximum absolute atomic E-state index is 12.6. The van der Waals surface area contributed by atoms with Gasteiger partial charge in [-0.25, -0.2) is 9.59 Å². The van der Waals surface area contributed by atoms with Gasteiger partial charge in [-0.05, 0) is 29.0 Å². The lowest BCUT2D eigenvalue weighted by molar-refractivity contribution is -0.386. The third kappa shape index (κ3) is 5.54. The summed E-state index contributed by atoms with van der Waals surface area (Å²) in [6.07, 6.45) is -3.28. The van der Waals surface area contributed by atoms with Gasteiger partial charge in [-0.1, -0.05) is 53.7 Å². The lowest BCUT2D eigenvalue weighted by Gasteiger charge is -2.27. The lowest BCUT2D eigenvalue weighted by Crippen LogP contribution is -2.24. The van der Waals surface area contributed by atoms with Crippen molar-refractivity contribution >= 4 is 17.8 Å². The Hall–Kier alpha value is -3.62. The van der Waals surface area contributed by atoms with Crippen LogP contribution in [0.1, 0.15) is 64.3 Å². The Morgan fingerprint density at radius 2 is 1.56 bits per heavy atom. The number of nitrogens with zero attached hydrogens (tertiary/aromatic N) is 1. The quantitative estimate of drug-likeness (QED) is 0.276. The van der Waals surface area contributed by atoms with Crippen molar-refractivity contribution in [3.05, 3.63) is 63.2 Å². The number of carboxylic acids is 1. The molecule has 9 heteroatoms. The molecule has 1 atom stereocenters. The zero-order valence-corrected chi connectivity index (χ0v) is 18.8. The maximum atomic E-state index is 12.6. The third-order valence-electron chi connectivity index (χ3n) is 4.76. The van der Waals surface area contributed by atoms with Gasteiger partial charge >= 0.3 is 12.1 Å². The number of ether oxygens (including phenoxy) is 2. The first-order chi connectivity index (χ1) is 14.6. The summed E-state index contributed by atoms with van der Waals surface area (Å²) in [5, 5.41) is 31.3. The van der Waals surface area contributed by atoms with Crippen LogP contribution in [-0.4, -0.2) is 27.3 Å². The summed E-state index contributed by atoms with van der Waals surface area (Å²) >= 11 is 0. The molecule has 0 fully saturated rings. The monoisotopic (exact) mass is 445 g/mol. The minimum absolute atomic E-state index is 0.0338. The van der Waals surface area contributed by atoms with E-state index in [1.165, 1.54) is 30.3 Å². The number of rotatable bonds is 5. The van der Waals surface area contributed by atoms with Gasteiger partial charge in [0.25, 0.3) is 5.69 Å². The van der Waals surface area contributed by atoms with Crippen LogP contribution in [0, 0.1) is 10.1 Å². The molecule has 0 amide bonds. The molecule has 0 aromatic heterocycles. The van der Waals surface area contributed by atoms with Gasteiger partial charge in [0.15, 0.2) is 0 Å². The van der Waals surface area contributed by atoms with Crippen LogP contribution in [0.15, 0.2) is 36.4 Å².